The van der Waals surface area contributed by atoms with Crippen LogP contribution in [0.1, 0.15) is 26.2 Å². The highest BCUT2D eigenvalue weighted by Crippen LogP contribution is 2.29. The van der Waals surface area contributed by atoms with Crippen molar-refractivity contribution >= 4 is 0 Å². The van der Waals surface area contributed by atoms with Gasteiger partial charge in [-0.2, -0.15) is 0 Å². The lowest BCUT2D eigenvalue weighted by Crippen LogP contribution is -2.27. The van der Waals surface area contributed by atoms with Crippen LogP contribution in [-0.4, -0.2) is 13.2 Å². The monoisotopic (exact) mass is 181 g/mol. The molecule has 0 aromatic rings. The number of ether oxygens (including phenoxy) is 1. The second kappa shape index (κ2) is 5.07. The summed E-state index contributed by atoms with van der Waals surface area (Å²) in [7, 11) is 1.79. The number of hydrogen-bond donors (Lipinski definition) is 1. The number of rotatable bonds is 3. The first-order valence-corrected chi connectivity index (χ1v) is 4.88. The lowest BCUT2D eigenvalue weighted by molar-refractivity contribution is 0.0685. The summed E-state index contributed by atoms with van der Waals surface area (Å²) in [5.41, 5.74) is 1.36. The predicted molar refractivity (Wildman–Crippen MR) is 55.2 cm³/mol. The normalized spacial score (nSPS) is 31.7. The molecule has 74 valence electrons. The van der Waals surface area contributed by atoms with Crippen molar-refractivity contribution in [2.75, 3.05) is 7.11 Å². The molecule has 13 heavy (non-hydrogen) atoms. The summed E-state index contributed by atoms with van der Waals surface area (Å²) in [5, 5.41) is 3.02. The second-order valence-corrected chi connectivity index (χ2v) is 3.62. The largest absolute Gasteiger partial charge is 0.377 e. The van der Waals surface area contributed by atoms with E-state index in [0.29, 0.717) is 12.0 Å². The molecule has 0 bridgehead atoms. The van der Waals surface area contributed by atoms with Gasteiger partial charge in [-0.25, -0.2) is 0 Å². The van der Waals surface area contributed by atoms with Gasteiger partial charge in [0.15, 0.2) is 0 Å². The van der Waals surface area contributed by atoms with Gasteiger partial charge in [-0.15, -0.1) is 0 Å². The molecule has 0 radical (unpaired) electrons. The van der Waals surface area contributed by atoms with Gasteiger partial charge in [0.25, 0.3) is 0 Å². The predicted octanol–water partition coefficient (Wildman–Crippen LogP) is 2.44. The minimum absolute atomic E-state index is 0.293. The van der Waals surface area contributed by atoms with E-state index in [-0.39, 0.29) is 0 Å². The van der Waals surface area contributed by atoms with Crippen LogP contribution < -0.4 is 5.32 Å². The van der Waals surface area contributed by atoms with E-state index >= 15 is 0 Å². The average Bonchev–Trinajstić information content (AvgIpc) is 2.15. The summed E-state index contributed by atoms with van der Waals surface area (Å²) in [5.74, 6) is 0.636. The highest BCUT2D eigenvalue weighted by Gasteiger charge is 2.24. The fourth-order valence-electron chi connectivity index (χ4n) is 1.99. The van der Waals surface area contributed by atoms with Crippen molar-refractivity contribution in [2.45, 2.75) is 32.3 Å². The maximum absolute atomic E-state index is 5.47. The van der Waals surface area contributed by atoms with Crippen molar-refractivity contribution in [1.82, 2.24) is 5.32 Å². The first-order valence-electron chi connectivity index (χ1n) is 4.88. The Morgan fingerprint density at radius 2 is 2.38 bits per heavy atom. The summed E-state index contributed by atoms with van der Waals surface area (Å²) in [6.07, 6.45) is 7.69. The minimum atomic E-state index is 0.293. The van der Waals surface area contributed by atoms with E-state index in [9.17, 15) is 0 Å². The van der Waals surface area contributed by atoms with Crippen molar-refractivity contribution in [3.63, 3.8) is 0 Å². The Balaban J connectivity index is 2.63. The molecule has 1 fully saturated rings. The van der Waals surface area contributed by atoms with Crippen LogP contribution in [0, 0.1) is 5.92 Å². The number of methoxy groups -OCH3 is 1. The Kier molecular flexibility index (Phi) is 4.03. The summed E-state index contributed by atoms with van der Waals surface area (Å²) in [6, 6.07) is 0. The Bertz CT molecular complexity index is 198. The Morgan fingerprint density at radius 3 is 3.00 bits per heavy atom. The Hall–Kier alpha value is -0.760. The minimum Gasteiger partial charge on any atom is -0.377 e. The van der Waals surface area contributed by atoms with Gasteiger partial charge in [-0.1, -0.05) is 13.5 Å². The molecule has 0 amide bonds. The fraction of sp³-hybridized carbons (Fsp3) is 0.636. The lowest BCUT2D eigenvalue weighted by atomic mass is 9.84. The van der Waals surface area contributed by atoms with Crippen LogP contribution in [0.25, 0.3) is 0 Å². The summed E-state index contributed by atoms with van der Waals surface area (Å²) < 4.78 is 5.47. The van der Waals surface area contributed by atoms with Gasteiger partial charge < -0.3 is 10.1 Å². The van der Waals surface area contributed by atoms with E-state index in [1.807, 2.05) is 6.20 Å². The number of hydrogen-bond acceptors (Lipinski definition) is 2. The van der Waals surface area contributed by atoms with Crippen molar-refractivity contribution in [1.29, 1.82) is 0 Å². The highest BCUT2D eigenvalue weighted by atomic mass is 16.5. The molecule has 1 saturated carbocycles. The molecule has 0 aromatic heterocycles. The zero-order chi connectivity index (χ0) is 9.68. The van der Waals surface area contributed by atoms with Crippen LogP contribution in [0.2, 0.25) is 0 Å². The lowest BCUT2D eigenvalue weighted by Gasteiger charge is -2.30. The van der Waals surface area contributed by atoms with Crippen molar-refractivity contribution in [2.24, 2.45) is 5.92 Å². The zero-order valence-electron chi connectivity index (χ0n) is 8.55. The molecule has 0 spiro atoms. The smallest absolute Gasteiger partial charge is 0.0823 e. The molecule has 1 aliphatic rings. The third-order valence-corrected chi connectivity index (χ3v) is 2.65. The van der Waals surface area contributed by atoms with Gasteiger partial charge in [0.05, 0.1) is 6.10 Å². The van der Waals surface area contributed by atoms with Crippen molar-refractivity contribution < 1.29 is 4.74 Å². The Morgan fingerprint density at radius 1 is 1.62 bits per heavy atom. The molecule has 2 nitrogen and oxygen atoms in total. The first kappa shape index (κ1) is 10.3. The molecule has 2 unspecified atom stereocenters. The maximum atomic E-state index is 5.47. The quantitative estimate of drug-likeness (QED) is 0.722. The van der Waals surface area contributed by atoms with Gasteiger partial charge in [0.1, 0.15) is 0 Å². The van der Waals surface area contributed by atoms with E-state index in [4.69, 9.17) is 4.74 Å². The molecule has 2 heteroatoms. The van der Waals surface area contributed by atoms with Crippen LogP contribution in [0.3, 0.4) is 0 Å². The van der Waals surface area contributed by atoms with E-state index in [1.165, 1.54) is 18.4 Å². The van der Waals surface area contributed by atoms with Gasteiger partial charge in [-0.05, 0) is 37.0 Å². The van der Waals surface area contributed by atoms with Crippen LogP contribution in [0.5, 0.6) is 0 Å². The molecule has 1 N–H and O–H groups in total. The molecule has 0 aliphatic heterocycles. The first-order chi connectivity index (χ1) is 6.29. The van der Waals surface area contributed by atoms with Crippen LogP contribution in [0.4, 0.5) is 0 Å². The van der Waals surface area contributed by atoms with Crippen molar-refractivity contribution in [3.8, 4) is 0 Å². The molecule has 0 saturated heterocycles. The van der Waals surface area contributed by atoms with E-state index in [0.717, 1.165) is 6.42 Å². The molecular formula is C11H19NO. The van der Waals surface area contributed by atoms with E-state index in [1.54, 1.807) is 13.3 Å². The van der Waals surface area contributed by atoms with Crippen LogP contribution >= 0.6 is 0 Å². The summed E-state index contributed by atoms with van der Waals surface area (Å²) in [4.78, 5) is 0. The van der Waals surface area contributed by atoms with Gasteiger partial charge in [0, 0.05) is 13.3 Å². The molecule has 1 rings (SSSR count). The highest BCUT2D eigenvalue weighted by molar-refractivity contribution is 5.12. The maximum Gasteiger partial charge on any atom is 0.0823 e. The van der Waals surface area contributed by atoms with E-state index < -0.39 is 0 Å². The zero-order valence-corrected chi connectivity index (χ0v) is 8.55. The van der Waals surface area contributed by atoms with Crippen LogP contribution in [0.15, 0.2) is 24.6 Å². The molecule has 0 heterocycles. The average molecular weight is 181 g/mol. The third kappa shape index (κ3) is 2.59. The van der Waals surface area contributed by atoms with Crippen LogP contribution in [-0.2, 0) is 4.74 Å². The fourth-order valence-corrected chi connectivity index (χ4v) is 1.99. The Labute approximate surface area is 80.7 Å². The third-order valence-electron chi connectivity index (χ3n) is 2.65. The summed E-state index contributed by atoms with van der Waals surface area (Å²) in [6.45, 7) is 5.86. The topological polar surface area (TPSA) is 21.3 Å². The molecule has 0 aromatic carbocycles. The molecule has 1 aliphatic carbocycles. The van der Waals surface area contributed by atoms with Gasteiger partial charge >= 0.3 is 0 Å². The van der Waals surface area contributed by atoms with Crippen molar-refractivity contribution in [3.05, 3.63) is 24.6 Å². The standard InChI is InChI=1S/C11H19NO/c1-4-12-8-10-7-5-6-9(2)11(10)13-3/h4,8-9,11-12H,1,5-7H2,2-3H3/b10-8+. The SMILES string of the molecule is C=CN/C=C1\CCCC(C)C1OC. The van der Waals surface area contributed by atoms with E-state index in [2.05, 4.69) is 18.8 Å². The number of nitrogens with one attached hydrogen (secondary N) is 1. The van der Waals surface area contributed by atoms with Gasteiger partial charge in [-0.3, -0.25) is 0 Å². The molecule has 2 atom stereocenters. The second-order valence-electron chi connectivity index (χ2n) is 3.62. The molecular weight excluding hydrogens is 162 g/mol. The van der Waals surface area contributed by atoms with Gasteiger partial charge in [0.2, 0.25) is 0 Å². The summed E-state index contributed by atoms with van der Waals surface area (Å²) >= 11 is 0.